The Labute approximate surface area is 143 Å². The summed E-state index contributed by atoms with van der Waals surface area (Å²) in [6.45, 7) is 0.924. The molecule has 1 aromatic carbocycles. The van der Waals surface area contributed by atoms with Gasteiger partial charge in [-0.2, -0.15) is 13.2 Å². The van der Waals surface area contributed by atoms with Crippen LogP contribution in [0.3, 0.4) is 0 Å². The Balaban J connectivity index is 1.64. The number of amides is 1. The number of hydrogen-bond donors (Lipinski definition) is 2. The van der Waals surface area contributed by atoms with E-state index in [1.54, 1.807) is 4.57 Å². The van der Waals surface area contributed by atoms with E-state index in [0.717, 1.165) is 11.8 Å². The molecule has 2 atom stereocenters. The molecule has 0 saturated heterocycles. The third-order valence-corrected chi connectivity index (χ3v) is 4.41. The van der Waals surface area contributed by atoms with Gasteiger partial charge in [0.1, 0.15) is 11.9 Å². The number of imidazole rings is 1. The van der Waals surface area contributed by atoms with Crippen LogP contribution in [-0.4, -0.2) is 22.0 Å². The molecule has 2 heterocycles. The highest BCUT2D eigenvalue weighted by atomic mass is 19.4. The first-order valence-electron chi connectivity index (χ1n) is 8.05. The second-order valence-corrected chi connectivity index (χ2v) is 6.25. The van der Waals surface area contributed by atoms with Crippen molar-refractivity contribution in [1.29, 1.82) is 0 Å². The highest BCUT2D eigenvalue weighted by Crippen LogP contribution is 2.30. The molecule has 3 N–H and O–H groups in total. The van der Waals surface area contributed by atoms with E-state index in [9.17, 15) is 18.0 Å². The Morgan fingerprint density at radius 1 is 1.36 bits per heavy atom. The number of aryl methyl sites for hydroxylation is 1. The van der Waals surface area contributed by atoms with Gasteiger partial charge in [0.25, 0.3) is 0 Å². The zero-order valence-electron chi connectivity index (χ0n) is 13.5. The number of rotatable bonds is 5. The molecule has 8 heteroatoms. The SMILES string of the molecule is NC(=O)[C@H](NC[C@@H]1CCc2nc(C(F)(F)F)cn2C1)c1ccccc1. The lowest BCUT2D eigenvalue weighted by Crippen LogP contribution is -2.38. The number of carbonyl (C=O) groups is 1. The Hall–Kier alpha value is -2.35. The van der Waals surface area contributed by atoms with Crippen LogP contribution in [0.25, 0.3) is 0 Å². The smallest absolute Gasteiger partial charge is 0.368 e. The minimum Gasteiger partial charge on any atom is -0.368 e. The molecular weight excluding hydrogens is 333 g/mol. The molecule has 1 aliphatic rings. The lowest BCUT2D eigenvalue weighted by Gasteiger charge is -2.26. The summed E-state index contributed by atoms with van der Waals surface area (Å²) in [5.74, 6) is 0.0797. The maximum absolute atomic E-state index is 12.8. The van der Waals surface area contributed by atoms with Gasteiger partial charge in [0, 0.05) is 25.7 Å². The number of fused-ring (bicyclic) bond motifs is 1. The van der Waals surface area contributed by atoms with E-state index in [1.807, 2.05) is 30.3 Å². The van der Waals surface area contributed by atoms with Gasteiger partial charge in [-0.1, -0.05) is 30.3 Å². The van der Waals surface area contributed by atoms with Gasteiger partial charge in [-0.05, 0) is 17.9 Å². The van der Waals surface area contributed by atoms with Crippen molar-refractivity contribution in [2.75, 3.05) is 6.54 Å². The Kier molecular flexibility index (Phi) is 4.80. The van der Waals surface area contributed by atoms with Crippen LogP contribution in [0.1, 0.15) is 29.5 Å². The Morgan fingerprint density at radius 2 is 2.08 bits per heavy atom. The van der Waals surface area contributed by atoms with E-state index >= 15 is 0 Å². The number of halogens is 3. The lowest BCUT2D eigenvalue weighted by atomic mass is 9.98. The first kappa shape index (κ1) is 17.5. The number of carbonyl (C=O) groups excluding carboxylic acids is 1. The van der Waals surface area contributed by atoms with Crippen LogP contribution in [0, 0.1) is 5.92 Å². The average Bonchev–Trinajstić information content (AvgIpc) is 2.99. The summed E-state index contributed by atoms with van der Waals surface area (Å²) < 4.78 is 39.8. The summed E-state index contributed by atoms with van der Waals surface area (Å²) >= 11 is 0. The van der Waals surface area contributed by atoms with Gasteiger partial charge in [-0.3, -0.25) is 4.79 Å². The predicted molar refractivity (Wildman–Crippen MR) is 85.4 cm³/mol. The number of benzene rings is 1. The maximum Gasteiger partial charge on any atom is 0.434 e. The van der Waals surface area contributed by atoms with E-state index in [0.29, 0.717) is 31.8 Å². The summed E-state index contributed by atoms with van der Waals surface area (Å²) in [7, 11) is 0. The largest absolute Gasteiger partial charge is 0.434 e. The van der Waals surface area contributed by atoms with Gasteiger partial charge in [-0.15, -0.1) is 0 Å². The molecule has 1 amide bonds. The number of alkyl halides is 3. The lowest BCUT2D eigenvalue weighted by molar-refractivity contribution is -0.141. The summed E-state index contributed by atoms with van der Waals surface area (Å²) in [5, 5.41) is 3.14. The standard InChI is InChI=1S/C17H19F3N4O/c18-17(19,20)13-10-24-9-11(6-7-14(24)23-13)8-22-15(16(21)25)12-4-2-1-3-5-12/h1-5,10-11,15,22H,6-9H2,(H2,21,25)/t11-,15+/m0/s1. The highest BCUT2D eigenvalue weighted by Gasteiger charge is 2.35. The molecule has 0 unspecified atom stereocenters. The van der Waals surface area contributed by atoms with Gasteiger partial charge in [0.05, 0.1) is 0 Å². The third kappa shape index (κ3) is 4.01. The van der Waals surface area contributed by atoms with Crippen LogP contribution in [0.15, 0.2) is 36.5 Å². The topological polar surface area (TPSA) is 72.9 Å². The molecule has 0 radical (unpaired) electrons. The molecule has 1 aromatic heterocycles. The normalized spacial score (nSPS) is 18.6. The fourth-order valence-electron chi connectivity index (χ4n) is 3.13. The Morgan fingerprint density at radius 3 is 2.72 bits per heavy atom. The molecule has 0 aliphatic carbocycles. The number of nitrogens with two attached hydrogens (primary N) is 1. The highest BCUT2D eigenvalue weighted by molar-refractivity contribution is 5.81. The number of hydrogen-bond acceptors (Lipinski definition) is 3. The summed E-state index contributed by atoms with van der Waals surface area (Å²) in [6.07, 6.45) is -2.18. The quantitative estimate of drug-likeness (QED) is 0.867. The summed E-state index contributed by atoms with van der Waals surface area (Å²) in [6, 6.07) is 8.51. The zero-order valence-corrected chi connectivity index (χ0v) is 13.5. The molecule has 0 saturated carbocycles. The third-order valence-electron chi connectivity index (χ3n) is 4.41. The fraction of sp³-hybridized carbons (Fsp3) is 0.412. The van der Waals surface area contributed by atoms with Crippen LogP contribution in [0.4, 0.5) is 13.2 Å². The summed E-state index contributed by atoms with van der Waals surface area (Å²) in [4.78, 5) is 15.4. The van der Waals surface area contributed by atoms with Gasteiger partial charge in [0.2, 0.25) is 5.91 Å². The predicted octanol–water partition coefficient (Wildman–Crippen LogP) is 2.28. The van der Waals surface area contributed by atoms with Crippen molar-refractivity contribution in [3.05, 3.63) is 53.6 Å². The molecule has 5 nitrogen and oxygen atoms in total. The van der Waals surface area contributed by atoms with E-state index in [4.69, 9.17) is 5.73 Å². The minimum absolute atomic E-state index is 0.105. The van der Waals surface area contributed by atoms with Crippen molar-refractivity contribution in [1.82, 2.24) is 14.9 Å². The number of aromatic nitrogens is 2. The molecule has 1 aliphatic heterocycles. The fourth-order valence-corrected chi connectivity index (χ4v) is 3.13. The maximum atomic E-state index is 12.8. The van der Waals surface area contributed by atoms with Crippen LogP contribution >= 0.6 is 0 Å². The second kappa shape index (κ2) is 6.87. The molecule has 25 heavy (non-hydrogen) atoms. The van der Waals surface area contributed by atoms with Crippen molar-refractivity contribution >= 4 is 5.91 Å². The van der Waals surface area contributed by atoms with Gasteiger partial charge >= 0.3 is 6.18 Å². The molecular formula is C17H19F3N4O. The number of nitrogens with one attached hydrogen (secondary N) is 1. The zero-order chi connectivity index (χ0) is 18.0. The molecule has 0 fully saturated rings. The van der Waals surface area contributed by atoms with Crippen molar-refractivity contribution in [3.63, 3.8) is 0 Å². The average molecular weight is 352 g/mol. The second-order valence-electron chi connectivity index (χ2n) is 6.25. The van der Waals surface area contributed by atoms with E-state index < -0.39 is 23.8 Å². The molecule has 2 aromatic rings. The van der Waals surface area contributed by atoms with Crippen molar-refractivity contribution < 1.29 is 18.0 Å². The molecule has 134 valence electrons. The summed E-state index contributed by atoms with van der Waals surface area (Å²) in [5.41, 5.74) is 5.39. The number of nitrogens with zero attached hydrogens (tertiary/aromatic N) is 2. The van der Waals surface area contributed by atoms with Crippen molar-refractivity contribution in [2.24, 2.45) is 11.7 Å². The van der Waals surface area contributed by atoms with Crippen molar-refractivity contribution in [3.8, 4) is 0 Å². The molecule has 3 rings (SSSR count). The van der Waals surface area contributed by atoms with E-state index in [2.05, 4.69) is 10.3 Å². The van der Waals surface area contributed by atoms with Gasteiger partial charge in [-0.25, -0.2) is 4.98 Å². The van der Waals surface area contributed by atoms with Crippen molar-refractivity contribution in [2.45, 2.75) is 31.6 Å². The van der Waals surface area contributed by atoms with Gasteiger partial charge in [0.15, 0.2) is 5.69 Å². The monoisotopic (exact) mass is 352 g/mol. The van der Waals surface area contributed by atoms with Crippen LogP contribution in [-0.2, 0) is 23.9 Å². The van der Waals surface area contributed by atoms with Crippen LogP contribution < -0.4 is 11.1 Å². The van der Waals surface area contributed by atoms with E-state index in [-0.39, 0.29) is 5.92 Å². The Bertz CT molecular complexity index is 742. The van der Waals surface area contributed by atoms with Crippen LogP contribution in [0.2, 0.25) is 0 Å². The number of primary amides is 1. The molecule has 0 bridgehead atoms. The van der Waals surface area contributed by atoms with Gasteiger partial charge < -0.3 is 15.6 Å². The first-order chi connectivity index (χ1) is 11.8. The van der Waals surface area contributed by atoms with Crippen LogP contribution in [0.5, 0.6) is 0 Å². The van der Waals surface area contributed by atoms with E-state index in [1.165, 1.54) is 0 Å². The minimum atomic E-state index is -4.43. The first-order valence-corrected chi connectivity index (χ1v) is 8.05. The molecule has 0 spiro atoms.